The standard InChI is InChI=1S/C9H11BrN2/c1-7-5-3-4-6-9(10)12-8(2)11-7/h3-6H,1-2H3,(H,11,12). The number of nitrogens with one attached hydrogen (secondary N) is 1. The molecule has 0 aliphatic carbocycles. The zero-order valence-corrected chi connectivity index (χ0v) is 8.72. The topological polar surface area (TPSA) is 28.7 Å². The van der Waals surface area contributed by atoms with Crippen LogP contribution in [-0.4, -0.2) is 9.97 Å². The summed E-state index contributed by atoms with van der Waals surface area (Å²) in [7, 11) is 0. The summed E-state index contributed by atoms with van der Waals surface area (Å²) < 4.78 is 0.826. The number of aryl methyl sites for hydroxylation is 2. The molecule has 0 aliphatic heterocycles. The maximum Gasteiger partial charge on any atom is 0.108 e. The number of hydrogen-bond donors (Lipinski definition) is 1. The number of aromatic amines is 1. The van der Waals surface area contributed by atoms with Gasteiger partial charge in [0.1, 0.15) is 10.4 Å². The Kier molecular flexibility index (Phi) is 3.29. The first kappa shape index (κ1) is 9.26. The first-order chi connectivity index (χ1) is 5.68. The molecular weight excluding hydrogens is 216 g/mol. The molecule has 3 heteroatoms. The van der Waals surface area contributed by atoms with Crippen molar-refractivity contribution in [3.05, 3.63) is 40.4 Å². The molecule has 0 amide bonds. The summed E-state index contributed by atoms with van der Waals surface area (Å²) >= 11 is 3.33. The SMILES string of the molecule is Cc1ccccc(Br)nc(C)[nH]1. The van der Waals surface area contributed by atoms with Gasteiger partial charge in [-0.1, -0.05) is 12.1 Å². The van der Waals surface area contributed by atoms with Gasteiger partial charge in [0.25, 0.3) is 0 Å². The monoisotopic (exact) mass is 226 g/mol. The molecule has 0 aliphatic rings. The minimum absolute atomic E-state index is 0.826. The molecule has 0 unspecified atom stereocenters. The quantitative estimate of drug-likeness (QED) is 0.725. The highest BCUT2D eigenvalue weighted by molar-refractivity contribution is 9.10. The van der Waals surface area contributed by atoms with E-state index in [1.165, 1.54) is 0 Å². The molecule has 1 rings (SSSR count). The highest BCUT2D eigenvalue weighted by Crippen LogP contribution is 2.01. The van der Waals surface area contributed by atoms with Gasteiger partial charge in [-0.25, -0.2) is 4.98 Å². The lowest BCUT2D eigenvalue weighted by Crippen LogP contribution is -1.83. The van der Waals surface area contributed by atoms with Gasteiger partial charge in [-0.2, -0.15) is 0 Å². The Bertz CT molecular complexity index is 286. The third-order valence-electron chi connectivity index (χ3n) is 1.34. The van der Waals surface area contributed by atoms with E-state index in [0.29, 0.717) is 0 Å². The van der Waals surface area contributed by atoms with E-state index in [1.54, 1.807) is 0 Å². The minimum Gasteiger partial charge on any atom is -0.348 e. The summed E-state index contributed by atoms with van der Waals surface area (Å²) in [5, 5.41) is 0. The fourth-order valence-corrected chi connectivity index (χ4v) is 1.31. The zero-order chi connectivity index (χ0) is 8.97. The van der Waals surface area contributed by atoms with Crippen LogP contribution in [0.25, 0.3) is 0 Å². The molecule has 0 saturated carbocycles. The third-order valence-corrected chi connectivity index (χ3v) is 1.79. The second-order valence-electron chi connectivity index (χ2n) is 2.55. The molecule has 0 atom stereocenters. The molecule has 12 heavy (non-hydrogen) atoms. The Morgan fingerprint density at radius 2 is 1.92 bits per heavy atom. The molecule has 1 aromatic heterocycles. The van der Waals surface area contributed by atoms with Crippen molar-refractivity contribution < 1.29 is 0 Å². The fourth-order valence-electron chi connectivity index (χ4n) is 0.887. The van der Waals surface area contributed by atoms with Crippen LogP contribution in [-0.2, 0) is 0 Å². The van der Waals surface area contributed by atoms with Crippen molar-refractivity contribution in [2.75, 3.05) is 0 Å². The van der Waals surface area contributed by atoms with Crippen molar-refractivity contribution >= 4 is 15.9 Å². The Balaban J connectivity index is 3.35. The van der Waals surface area contributed by atoms with E-state index in [1.807, 2.05) is 38.1 Å². The Labute approximate surface area is 80.5 Å². The molecule has 0 fully saturated rings. The predicted octanol–water partition coefficient (Wildman–Crippen LogP) is 2.91. The summed E-state index contributed by atoms with van der Waals surface area (Å²) in [6, 6.07) is 7.82. The van der Waals surface area contributed by atoms with Crippen LogP contribution >= 0.6 is 15.9 Å². The van der Waals surface area contributed by atoms with E-state index in [-0.39, 0.29) is 0 Å². The van der Waals surface area contributed by atoms with Crippen LogP contribution in [0.4, 0.5) is 0 Å². The van der Waals surface area contributed by atoms with E-state index in [9.17, 15) is 0 Å². The van der Waals surface area contributed by atoms with Gasteiger partial charge in [0.05, 0.1) is 0 Å². The highest BCUT2D eigenvalue weighted by Gasteiger charge is 1.83. The summed E-state index contributed by atoms with van der Waals surface area (Å²) in [4.78, 5) is 7.38. The molecule has 0 aromatic carbocycles. The van der Waals surface area contributed by atoms with Gasteiger partial charge < -0.3 is 4.98 Å². The predicted molar refractivity (Wildman–Crippen MR) is 53.4 cm³/mol. The van der Waals surface area contributed by atoms with E-state index >= 15 is 0 Å². The van der Waals surface area contributed by atoms with Gasteiger partial charge >= 0.3 is 0 Å². The molecule has 1 aromatic rings. The van der Waals surface area contributed by atoms with E-state index in [2.05, 4.69) is 25.9 Å². The van der Waals surface area contributed by atoms with Crippen molar-refractivity contribution in [3.63, 3.8) is 0 Å². The van der Waals surface area contributed by atoms with Crippen LogP contribution in [0, 0.1) is 13.8 Å². The first-order valence-corrected chi connectivity index (χ1v) is 4.51. The van der Waals surface area contributed by atoms with Crippen LogP contribution < -0.4 is 0 Å². The van der Waals surface area contributed by atoms with Gasteiger partial charge in [-0.3, -0.25) is 0 Å². The third kappa shape index (κ3) is 3.05. The molecule has 0 spiro atoms. The van der Waals surface area contributed by atoms with E-state index in [0.717, 1.165) is 16.1 Å². The lowest BCUT2D eigenvalue weighted by Gasteiger charge is -1.89. The second kappa shape index (κ2) is 4.26. The summed E-state index contributed by atoms with van der Waals surface area (Å²) in [5.41, 5.74) is 1.09. The molecular formula is C9H11BrN2. The van der Waals surface area contributed by atoms with Crippen molar-refractivity contribution in [3.8, 4) is 0 Å². The lowest BCUT2D eigenvalue weighted by molar-refractivity contribution is 1.03. The molecule has 0 bridgehead atoms. The van der Waals surface area contributed by atoms with Crippen molar-refractivity contribution in [1.29, 1.82) is 0 Å². The maximum atomic E-state index is 4.24. The average molecular weight is 227 g/mol. The molecule has 0 radical (unpaired) electrons. The lowest BCUT2D eigenvalue weighted by atomic mass is 10.4. The molecule has 2 nitrogen and oxygen atoms in total. The normalized spacial score (nSPS) is 9.25. The van der Waals surface area contributed by atoms with Crippen LogP contribution in [0.3, 0.4) is 0 Å². The van der Waals surface area contributed by atoms with Crippen LogP contribution in [0.1, 0.15) is 11.5 Å². The summed E-state index contributed by atoms with van der Waals surface area (Å²) in [6.07, 6.45) is 0. The first-order valence-electron chi connectivity index (χ1n) is 3.71. The van der Waals surface area contributed by atoms with E-state index in [4.69, 9.17) is 0 Å². The van der Waals surface area contributed by atoms with Gasteiger partial charge in [0.15, 0.2) is 0 Å². The molecule has 0 saturated heterocycles. The van der Waals surface area contributed by atoms with Crippen LogP contribution in [0.5, 0.6) is 0 Å². The number of hydrogen-bond acceptors (Lipinski definition) is 1. The Morgan fingerprint density at radius 3 is 2.67 bits per heavy atom. The van der Waals surface area contributed by atoms with Gasteiger partial charge in [0.2, 0.25) is 0 Å². The summed E-state index contributed by atoms with van der Waals surface area (Å²) in [5.74, 6) is 0.885. The molecule has 64 valence electrons. The Morgan fingerprint density at radius 1 is 1.25 bits per heavy atom. The van der Waals surface area contributed by atoms with Crippen molar-refractivity contribution in [2.24, 2.45) is 0 Å². The average Bonchev–Trinajstić information content (AvgIpc) is 2.01. The van der Waals surface area contributed by atoms with Gasteiger partial charge in [-0.15, -0.1) is 0 Å². The van der Waals surface area contributed by atoms with Crippen molar-refractivity contribution in [2.45, 2.75) is 13.8 Å². The number of aromatic nitrogens is 2. The minimum atomic E-state index is 0.826. The van der Waals surface area contributed by atoms with Crippen LogP contribution in [0.15, 0.2) is 28.9 Å². The smallest absolute Gasteiger partial charge is 0.108 e. The maximum absolute atomic E-state index is 4.24. The van der Waals surface area contributed by atoms with Crippen LogP contribution in [0.2, 0.25) is 0 Å². The largest absolute Gasteiger partial charge is 0.348 e. The molecule has 1 heterocycles. The Hall–Kier alpha value is -0.830. The summed E-state index contributed by atoms with van der Waals surface area (Å²) in [6.45, 7) is 3.93. The van der Waals surface area contributed by atoms with Crippen molar-refractivity contribution in [1.82, 2.24) is 9.97 Å². The second-order valence-corrected chi connectivity index (χ2v) is 3.36. The number of nitrogens with zero attached hydrogens (tertiary/aromatic N) is 1. The van der Waals surface area contributed by atoms with E-state index < -0.39 is 0 Å². The van der Waals surface area contributed by atoms with Gasteiger partial charge in [-0.05, 0) is 41.9 Å². The highest BCUT2D eigenvalue weighted by atomic mass is 79.9. The number of halogens is 1. The number of rotatable bonds is 0. The molecule has 1 N–H and O–H groups in total. The fraction of sp³-hybridized carbons (Fsp3) is 0.222. The zero-order valence-electron chi connectivity index (χ0n) is 7.13. The number of H-pyrrole nitrogens is 1. The van der Waals surface area contributed by atoms with Gasteiger partial charge in [0, 0.05) is 5.69 Å².